The van der Waals surface area contributed by atoms with Crippen LogP contribution in [-0.2, 0) is 11.3 Å². The maximum Gasteiger partial charge on any atom is 0.207 e. The van der Waals surface area contributed by atoms with Gasteiger partial charge in [0.2, 0.25) is 6.41 Å². The van der Waals surface area contributed by atoms with Crippen molar-refractivity contribution < 1.29 is 4.79 Å². The van der Waals surface area contributed by atoms with Gasteiger partial charge >= 0.3 is 0 Å². The number of hydrogen-bond donors (Lipinski definition) is 1. The van der Waals surface area contributed by atoms with Crippen molar-refractivity contribution in [1.82, 2.24) is 5.32 Å². The van der Waals surface area contributed by atoms with E-state index in [9.17, 15) is 4.79 Å². The molecule has 1 aromatic carbocycles. The monoisotopic (exact) mass is 192 g/mol. The summed E-state index contributed by atoms with van der Waals surface area (Å²) < 4.78 is 0. The fourth-order valence-corrected chi connectivity index (χ4v) is 1.27. The topological polar surface area (TPSA) is 52.9 Å². The van der Waals surface area contributed by atoms with Crippen LogP contribution >= 0.6 is 11.8 Å². The third-order valence-electron chi connectivity index (χ3n) is 1.48. The van der Waals surface area contributed by atoms with Gasteiger partial charge in [0.25, 0.3) is 0 Å². The first kappa shape index (κ1) is 9.62. The Morgan fingerprint density at radius 1 is 1.46 bits per heavy atom. The van der Waals surface area contributed by atoms with E-state index in [0.717, 1.165) is 22.2 Å². The largest absolute Gasteiger partial charge is 0.355 e. The zero-order valence-corrected chi connectivity index (χ0v) is 7.67. The molecule has 0 radical (unpaired) electrons. The van der Waals surface area contributed by atoms with Crippen molar-refractivity contribution >= 4 is 18.2 Å². The van der Waals surface area contributed by atoms with E-state index in [-0.39, 0.29) is 0 Å². The van der Waals surface area contributed by atoms with Gasteiger partial charge in [-0.3, -0.25) is 4.79 Å². The lowest BCUT2D eigenvalue weighted by molar-refractivity contribution is -0.109. The number of nitrogens with one attached hydrogen (secondary N) is 1. The number of thioether (sulfide) groups is 1. The molecule has 0 atom stereocenters. The van der Waals surface area contributed by atoms with Gasteiger partial charge < -0.3 is 5.32 Å². The number of nitrogens with zero attached hydrogens (tertiary/aromatic N) is 1. The Bertz CT molecular complexity index is 315. The van der Waals surface area contributed by atoms with Crippen LogP contribution in [0.2, 0.25) is 0 Å². The van der Waals surface area contributed by atoms with Crippen LogP contribution in [0, 0.1) is 10.7 Å². The number of rotatable bonds is 4. The van der Waals surface area contributed by atoms with Gasteiger partial charge in [-0.2, -0.15) is 5.26 Å². The minimum absolute atomic E-state index is 0.529. The SMILES string of the molecule is N#CSc1ccc(CNC=O)cc1. The number of amides is 1. The van der Waals surface area contributed by atoms with E-state index in [2.05, 4.69) is 5.32 Å². The van der Waals surface area contributed by atoms with Crippen LogP contribution in [0.25, 0.3) is 0 Å². The highest BCUT2D eigenvalue weighted by atomic mass is 32.2. The molecule has 0 saturated heterocycles. The number of hydrogen-bond acceptors (Lipinski definition) is 3. The first-order chi connectivity index (χ1) is 6.36. The predicted molar refractivity (Wildman–Crippen MR) is 50.8 cm³/mol. The number of nitriles is 1. The van der Waals surface area contributed by atoms with Gasteiger partial charge in [0.1, 0.15) is 5.40 Å². The zero-order valence-electron chi connectivity index (χ0n) is 6.86. The molecule has 0 aliphatic carbocycles. The average Bonchev–Trinajstić information content (AvgIpc) is 2.17. The van der Waals surface area contributed by atoms with E-state index in [0.29, 0.717) is 13.0 Å². The van der Waals surface area contributed by atoms with E-state index >= 15 is 0 Å². The van der Waals surface area contributed by atoms with E-state index in [1.807, 2.05) is 29.7 Å². The molecule has 4 heteroatoms. The third-order valence-corrected chi connectivity index (χ3v) is 2.08. The van der Waals surface area contributed by atoms with Crippen molar-refractivity contribution in [3.05, 3.63) is 29.8 Å². The van der Waals surface area contributed by atoms with Crippen molar-refractivity contribution in [3.8, 4) is 5.40 Å². The molecule has 0 bridgehead atoms. The van der Waals surface area contributed by atoms with Gasteiger partial charge in [0.05, 0.1) is 0 Å². The standard InChI is InChI=1S/C9H8N2OS/c10-6-13-9-3-1-8(2-4-9)5-11-7-12/h1-4,7H,5H2,(H,11,12). The third kappa shape index (κ3) is 3.18. The second kappa shape index (κ2) is 5.22. The Hall–Kier alpha value is -1.47. The zero-order chi connectivity index (χ0) is 9.52. The van der Waals surface area contributed by atoms with Crippen LogP contribution in [-0.4, -0.2) is 6.41 Å². The molecule has 3 nitrogen and oxygen atoms in total. The van der Waals surface area contributed by atoms with Gasteiger partial charge in [-0.15, -0.1) is 0 Å². The molecule has 66 valence electrons. The van der Waals surface area contributed by atoms with Crippen LogP contribution in [0.4, 0.5) is 0 Å². The highest BCUT2D eigenvalue weighted by Crippen LogP contribution is 2.16. The molecular formula is C9H8N2OS. The Kier molecular flexibility index (Phi) is 3.86. The Labute approximate surface area is 80.8 Å². The molecule has 0 aromatic heterocycles. The molecule has 1 amide bonds. The van der Waals surface area contributed by atoms with Gasteiger partial charge in [-0.05, 0) is 29.5 Å². The van der Waals surface area contributed by atoms with Gasteiger partial charge in [0, 0.05) is 11.4 Å². The molecule has 0 spiro atoms. The summed E-state index contributed by atoms with van der Waals surface area (Å²) in [6, 6.07) is 7.48. The fraction of sp³-hybridized carbons (Fsp3) is 0.111. The molecule has 1 N–H and O–H groups in total. The molecule has 1 aromatic rings. The maximum absolute atomic E-state index is 9.99. The van der Waals surface area contributed by atoms with Crippen molar-refractivity contribution in [1.29, 1.82) is 5.26 Å². The molecule has 0 saturated carbocycles. The summed E-state index contributed by atoms with van der Waals surface area (Å²) in [5.41, 5.74) is 1.02. The van der Waals surface area contributed by atoms with Gasteiger partial charge in [0.15, 0.2) is 0 Å². The first-order valence-electron chi connectivity index (χ1n) is 3.68. The van der Waals surface area contributed by atoms with Crippen LogP contribution in [0.15, 0.2) is 29.2 Å². The van der Waals surface area contributed by atoms with E-state index in [4.69, 9.17) is 5.26 Å². The molecule has 0 unspecified atom stereocenters. The molecule has 0 aliphatic rings. The Morgan fingerprint density at radius 3 is 2.69 bits per heavy atom. The highest BCUT2D eigenvalue weighted by molar-refractivity contribution is 8.03. The summed E-state index contributed by atoms with van der Waals surface area (Å²) in [4.78, 5) is 10.9. The fourth-order valence-electron chi connectivity index (χ4n) is 0.888. The normalized spacial score (nSPS) is 8.85. The summed E-state index contributed by atoms with van der Waals surface area (Å²) in [7, 11) is 0. The van der Waals surface area contributed by atoms with E-state index in [1.165, 1.54) is 0 Å². The Morgan fingerprint density at radius 2 is 2.15 bits per heavy atom. The molecule has 0 fully saturated rings. The second-order valence-electron chi connectivity index (χ2n) is 2.34. The molecule has 13 heavy (non-hydrogen) atoms. The smallest absolute Gasteiger partial charge is 0.207 e. The highest BCUT2D eigenvalue weighted by Gasteiger charge is 1.93. The first-order valence-corrected chi connectivity index (χ1v) is 4.50. The van der Waals surface area contributed by atoms with Gasteiger partial charge in [-0.1, -0.05) is 12.1 Å². The van der Waals surface area contributed by atoms with Gasteiger partial charge in [-0.25, -0.2) is 0 Å². The summed E-state index contributed by atoms with van der Waals surface area (Å²) in [6.45, 7) is 0.529. The lowest BCUT2D eigenvalue weighted by Gasteiger charge is -1.99. The van der Waals surface area contributed by atoms with Crippen LogP contribution in [0.1, 0.15) is 5.56 Å². The van der Waals surface area contributed by atoms with Crippen LogP contribution < -0.4 is 5.32 Å². The quantitative estimate of drug-likeness (QED) is 0.447. The van der Waals surface area contributed by atoms with E-state index < -0.39 is 0 Å². The van der Waals surface area contributed by atoms with E-state index in [1.54, 1.807) is 0 Å². The van der Waals surface area contributed by atoms with Crippen molar-refractivity contribution in [2.45, 2.75) is 11.4 Å². The average molecular weight is 192 g/mol. The number of thiocyanates is 1. The predicted octanol–water partition coefficient (Wildman–Crippen LogP) is 1.51. The summed E-state index contributed by atoms with van der Waals surface area (Å²) in [5, 5.41) is 12.9. The van der Waals surface area contributed by atoms with Crippen molar-refractivity contribution in [2.24, 2.45) is 0 Å². The summed E-state index contributed by atoms with van der Waals surface area (Å²) in [6.07, 6.45) is 0.665. The van der Waals surface area contributed by atoms with Crippen molar-refractivity contribution in [3.63, 3.8) is 0 Å². The number of carbonyl (C=O) groups excluding carboxylic acids is 1. The lowest BCUT2D eigenvalue weighted by atomic mass is 10.2. The second-order valence-corrected chi connectivity index (χ2v) is 3.19. The minimum atomic E-state index is 0.529. The molecule has 0 aliphatic heterocycles. The maximum atomic E-state index is 9.99. The summed E-state index contributed by atoms with van der Waals surface area (Å²) in [5.74, 6) is 0. The van der Waals surface area contributed by atoms with Crippen LogP contribution in [0.3, 0.4) is 0 Å². The number of carbonyl (C=O) groups is 1. The molecule has 0 heterocycles. The minimum Gasteiger partial charge on any atom is -0.355 e. The summed E-state index contributed by atoms with van der Waals surface area (Å²) >= 11 is 1.12. The molecule has 1 rings (SSSR count). The van der Waals surface area contributed by atoms with Crippen LogP contribution in [0.5, 0.6) is 0 Å². The Balaban J connectivity index is 2.59. The van der Waals surface area contributed by atoms with Crippen molar-refractivity contribution in [2.75, 3.05) is 0 Å². The lowest BCUT2D eigenvalue weighted by Crippen LogP contribution is -2.09. The number of benzene rings is 1. The molecular weight excluding hydrogens is 184 g/mol.